The van der Waals surface area contributed by atoms with Gasteiger partial charge in [0.25, 0.3) is 0 Å². The number of unbranched alkanes of at least 4 members (excludes halogenated alkanes) is 2. The van der Waals surface area contributed by atoms with E-state index in [4.69, 9.17) is 14.5 Å². The molecule has 6 nitrogen and oxygen atoms in total. The maximum absolute atomic E-state index is 13.0. The van der Waals surface area contributed by atoms with Gasteiger partial charge in [-0.05, 0) is 64.7 Å². The summed E-state index contributed by atoms with van der Waals surface area (Å²) < 4.78 is 11.9. The van der Waals surface area contributed by atoms with Crippen molar-refractivity contribution in [2.24, 2.45) is 0 Å². The van der Waals surface area contributed by atoms with Crippen molar-refractivity contribution in [2.45, 2.75) is 84.4 Å². The van der Waals surface area contributed by atoms with Gasteiger partial charge in [0, 0.05) is 47.9 Å². The molecule has 1 aromatic carbocycles. The number of thiophene rings is 1. The normalized spacial score (nSPS) is 15.8. The molecule has 1 amide bonds. The highest BCUT2D eigenvalue weighted by atomic mass is 32.1. The summed E-state index contributed by atoms with van der Waals surface area (Å²) in [6.07, 6.45) is 4.28. The number of para-hydroxylation sites is 1. The summed E-state index contributed by atoms with van der Waals surface area (Å²) >= 11 is 3.34. The van der Waals surface area contributed by atoms with Crippen LogP contribution < -0.4 is 0 Å². The molecule has 0 saturated heterocycles. The van der Waals surface area contributed by atoms with Gasteiger partial charge in [0.15, 0.2) is 0 Å². The van der Waals surface area contributed by atoms with Gasteiger partial charge in [-0.2, -0.15) is 0 Å². The Kier molecular flexibility index (Phi) is 8.48. The number of benzene rings is 1. The number of Topliss-reactive ketones (excluding diaryl/α,β-unsaturated/α-hetero) is 1. The minimum atomic E-state index is -0.542. The van der Waals surface area contributed by atoms with Crippen LogP contribution in [0.2, 0.25) is 0 Å². The minimum absolute atomic E-state index is 0.000542. The molecular formula is C28H36N2O4S2. The molecule has 3 aromatic rings. The van der Waals surface area contributed by atoms with E-state index in [0.29, 0.717) is 19.4 Å². The van der Waals surface area contributed by atoms with Crippen LogP contribution in [0.3, 0.4) is 0 Å². The second-order valence-electron chi connectivity index (χ2n) is 10.5. The fourth-order valence-corrected chi connectivity index (χ4v) is 7.05. The molecule has 1 unspecified atom stereocenters. The van der Waals surface area contributed by atoms with Crippen LogP contribution in [-0.2, 0) is 33.7 Å². The Morgan fingerprint density at radius 1 is 1.14 bits per heavy atom. The maximum Gasteiger partial charge on any atom is 0.410 e. The molecule has 3 heterocycles. The van der Waals surface area contributed by atoms with Crippen LogP contribution in [-0.4, -0.2) is 47.1 Å². The number of methoxy groups -OCH3 is 1. The molecule has 0 bridgehead atoms. The lowest BCUT2D eigenvalue weighted by Crippen LogP contribution is -2.44. The Morgan fingerprint density at radius 2 is 1.92 bits per heavy atom. The lowest BCUT2D eigenvalue weighted by Gasteiger charge is -2.35. The average molecular weight is 529 g/mol. The molecule has 1 atom stereocenters. The smallest absolute Gasteiger partial charge is 0.410 e. The van der Waals surface area contributed by atoms with Crippen LogP contribution in [0.25, 0.3) is 20.8 Å². The van der Waals surface area contributed by atoms with E-state index < -0.39 is 5.60 Å². The van der Waals surface area contributed by atoms with Gasteiger partial charge in [-0.25, -0.2) is 9.78 Å². The molecule has 1 aliphatic rings. The predicted octanol–water partition coefficient (Wildman–Crippen LogP) is 7.02. The molecule has 2 aromatic heterocycles. The lowest BCUT2D eigenvalue weighted by atomic mass is 9.95. The first-order valence-electron chi connectivity index (χ1n) is 12.7. The van der Waals surface area contributed by atoms with E-state index in [1.807, 2.05) is 43.9 Å². The number of amides is 1. The highest BCUT2D eigenvalue weighted by Crippen LogP contribution is 2.44. The third-order valence-corrected chi connectivity index (χ3v) is 8.58. The molecule has 1 aliphatic heterocycles. The zero-order chi connectivity index (χ0) is 25.9. The van der Waals surface area contributed by atoms with E-state index in [0.717, 1.165) is 62.8 Å². The van der Waals surface area contributed by atoms with Crippen molar-refractivity contribution < 1.29 is 19.1 Å². The van der Waals surface area contributed by atoms with Crippen LogP contribution in [0.4, 0.5) is 4.79 Å². The molecular weight excluding hydrogens is 492 g/mol. The van der Waals surface area contributed by atoms with E-state index in [-0.39, 0.29) is 17.9 Å². The molecule has 0 saturated carbocycles. The number of hydrogen-bond donors (Lipinski definition) is 0. The summed E-state index contributed by atoms with van der Waals surface area (Å²) in [5.41, 5.74) is 2.78. The topological polar surface area (TPSA) is 68.7 Å². The van der Waals surface area contributed by atoms with Crippen molar-refractivity contribution in [2.75, 3.05) is 13.7 Å². The van der Waals surface area contributed by atoms with Crippen molar-refractivity contribution in [3.8, 4) is 10.6 Å². The van der Waals surface area contributed by atoms with Crippen LogP contribution in [0, 0.1) is 0 Å². The lowest BCUT2D eigenvalue weighted by molar-refractivity contribution is -0.118. The Hall–Kier alpha value is -2.29. The standard InChI is InChI=1S/C28H36N2O4S2/c1-18-15-20-24(17-30(18)27(32)34-28(2,3)4)35-23(16-19(31)11-7-6-10-14-33-5)25(20)26-29-21-12-8-9-13-22(21)36-26/h8-9,12-13,18H,6-7,10-11,14-17H2,1-5H3. The van der Waals surface area contributed by atoms with E-state index >= 15 is 0 Å². The molecule has 0 radical (unpaired) electrons. The highest BCUT2D eigenvalue weighted by molar-refractivity contribution is 7.22. The van der Waals surface area contributed by atoms with Crippen molar-refractivity contribution in [3.63, 3.8) is 0 Å². The second-order valence-corrected chi connectivity index (χ2v) is 12.7. The maximum atomic E-state index is 13.0. The van der Waals surface area contributed by atoms with E-state index in [1.165, 1.54) is 5.56 Å². The number of carbonyl (C=O) groups is 2. The van der Waals surface area contributed by atoms with Crippen molar-refractivity contribution in [1.82, 2.24) is 9.88 Å². The first-order valence-corrected chi connectivity index (χ1v) is 14.3. The fourth-order valence-electron chi connectivity index (χ4n) is 4.56. The quantitative estimate of drug-likeness (QED) is 0.279. The summed E-state index contributed by atoms with van der Waals surface area (Å²) in [5, 5.41) is 0.967. The van der Waals surface area contributed by atoms with Gasteiger partial charge in [0.2, 0.25) is 0 Å². The third kappa shape index (κ3) is 6.33. The van der Waals surface area contributed by atoms with Crippen molar-refractivity contribution in [1.29, 1.82) is 0 Å². The summed E-state index contributed by atoms with van der Waals surface area (Å²) in [5.74, 6) is 0.255. The highest BCUT2D eigenvalue weighted by Gasteiger charge is 2.35. The van der Waals surface area contributed by atoms with Gasteiger partial charge in [0.1, 0.15) is 16.4 Å². The number of fused-ring (bicyclic) bond motifs is 2. The molecule has 0 aliphatic carbocycles. The summed E-state index contributed by atoms with van der Waals surface area (Å²) in [6, 6.07) is 8.16. The molecule has 8 heteroatoms. The summed E-state index contributed by atoms with van der Waals surface area (Å²) in [4.78, 5) is 34.9. The number of thiazole rings is 1. The summed E-state index contributed by atoms with van der Waals surface area (Å²) in [6.45, 7) is 8.97. The van der Waals surface area contributed by atoms with Crippen molar-refractivity contribution >= 4 is 44.8 Å². The van der Waals surface area contributed by atoms with Crippen LogP contribution in [0.5, 0.6) is 0 Å². The van der Waals surface area contributed by atoms with E-state index in [9.17, 15) is 9.59 Å². The monoisotopic (exact) mass is 528 g/mol. The van der Waals surface area contributed by atoms with Gasteiger partial charge in [-0.15, -0.1) is 22.7 Å². The van der Waals surface area contributed by atoms with Gasteiger partial charge < -0.3 is 14.4 Å². The molecule has 36 heavy (non-hydrogen) atoms. The number of ketones is 1. The molecule has 0 fully saturated rings. The second kappa shape index (κ2) is 11.4. The number of ether oxygens (including phenoxy) is 2. The molecule has 0 spiro atoms. The Bertz CT molecular complexity index is 1190. The molecule has 4 rings (SSSR count). The number of carbonyl (C=O) groups excluding carboxylic acids is 2. The Balaban J connectivity index is 1.63. The average Bonchev–Trinajstić information content (AvgIpc) is 3.37. The predicted molar refractivity (Wildman–Crippen MR) is 147 cm³/mol. The van der Waals surface area contributed by atoms with Crippen LogP contribution in [0.1, 0.15) is 68.7 Å². The Morgan fingerprint density at radius 3 is 2.64 bits per heavy atom. The van der Waals surface area contributed by atoms with Gasteiger partial charge >= 0.3 is 6.09 Å². The third-order valence-electron chi connectivity index (χ3n) is 6.31. The first kappa shape index (κ1) is 26.8. The number of nitrogens with zero attached hydrogens (tertiary/aromatic N) is 2. The SMILES string of the molecule is COCCCCCC(=O)Cc1sc2c(c1-c1nc3ccccc3s1)CC(C)N(C(=O)OC(C)(C)C)C2. The van der Waals surface area contributed by atoms with Crippen LogP contribution in [0.15, 0.2) is 24.3 Å². The van der Waals surface area contributed by atoms with Gasteiger partial charge in [-0.1, -0.05) is 18.6 Å². The zero-order valence-electron chi connectivity index (χ0n) is 21.9. The summed E-state index contributed by atoms with van der Waals surface area (Å²) in [7, 11) is 1.71. The molecule has 194 valence electrons. The molecule has 0 N–H and O–H groups in total. The number of rotatable bonds is 9. The zero-order valence-corrected chi connectivity index (χ0v) is 23.5. The number of aromatic nitrogens is 1. The van der Waals surface area contributed by atoms with Crippen LogP contribution >= 0.6 is 22.7 Å². The number of hydrogen-bond acceptors (Lipinski definition) is 7. The van der Waals surface area contributed by atoms with E-state index in [1.54, 1.807) is 29.8 Å². The fraction of sp³-hybridized carbons (Fsp3) is 0.536. The van der Waals surface area contributed by atoms with Gasteiger partial charge in [0.05, 0.1) is 16.8 Å². The largest absolute Gasteiger partial charge is 0.444 e. The first-order chi connectivity index (χ1) is 17.2. The minimum Gasteiger partial charge on any atom is -0.444 e. The van der Waals surface area contributed by atoms with E-state index in [2.05, 4.69) is 13.0 Å². The Labute approximate surface area is 221 Å². The van der Waals surface area contributed by atoms with Crippen molar-refractivity contribution in [3.05, 3.63) is 39.6 Å². The van der Waals surface area contributed by atoms with Gasteiger partial charge in [-0.3, -0.25) is 4.79 Å².